The molecule has 2 rings (SSSR count). The van der Waals surface area contributed by atoms with Crippen molar-refractivity contribution in [3.8, 4) is 5.69 Å². The van der Waals surface area contributed by atoms with Gasteiger partial charge in [0.15, 0.2) is 0 Å². The lowest BCUT2D eigenvalue weighted by atomic mass is 10.1. The zero-order valence-corrected chi connectivity index (χ0v) is 16.2. The van der Waals surface area contributed by atoms with Crippen molar-refractivity contribution in [2.45, 2.75) is 39.5 Å². The molecule has 0 atom stereocenters. The quantitative estimate of drug-likeness (QED) is 0.233. The molecule has 0 radical (unpaired) electrons. The molecule has 9 heteroatoms. The van der Waals surface area contributed by atoms with Crippen LogP contribution in [0.5, 0.6) is 0 Å². The third-order valence-electron chi connectivity index (χ3n) is 4.31. The van der Waals surface area contributed by atoms with Crippen molar-refractivity contribution in [2.24, 2.45) is 4.99 Å². The number of aliphatic imine (C=N–C) groups is 1. The predicted molar refractivity (Wildman–Crippen MR) is 105 cm³/mol. The Morgan fingerprint density at radius 3 is 2.54 bits per heavy atom. The van der Waals surface area contributed by atoms with Crippen LogP contribution in [0.2, 0.25) is 0 Å². The highest BCUT2D eigenvalue weighted by Crippen LogP contribution is 2.15. The average Bonchev–Trinajstić information content (AvgIpc) is 3.00. The SMILES string of the molecule is CCCCCN=C(C)c1c(CC(=O)OC)[nH]n(-c2ccc([N+](=O)[O-])cc2)c1=O. The van der Waals surface area contributed by atoms with Crippen LogP contribution >= 0.6 is 0 Å². The standard InChI is InChI=1S/C19H24N4O5/c1-4-5-6-11-20-13(2)18-16(12-17(24)28-3)21-22(19(18)25)14-7-9-15(10-8-14)23(26)27/h7-10,21H,4-6,11-12H2,1-3H3. The fraction of sp³-hybridized carbons (Fsp3) is 0.421. The second-order valence-corrected chi connectivity index (χ2v) is 6.31. The normalized spacial score (nSPS) is 11.5. The molecule has 0 aliphatic rings. The molecule has 2 aromatic rings. The van der Waals surface area contributed by atoms with Gasteiger partial charge in [-0.15, -0.1) is 0 Å². The third kappa shape index (κ3) is 4.93. The molecule has 0 aliphatic carbocycles. The molecular weight excluding hydrogens is 364 g/mol. The molecule has 0 bridgehead atoms. The van der Waals surface area contributed by atoms with E-state index in [-0.39, 0.29) is 17.7 Å². The molecule has 0 aliphatic heterocycles. The van der Waals surface area contributed by atoms with Gasteiger partial charge in [-0.1, -0.05) is 19.8 Å². The van der Waals surface area contributed by atoms with Crippen LogP contribution < -0.4 is 5.56 Å². The summed E-state index contributed by atoms with van der Waals surface area (Å²) < 4.78 is 5.97. The minimum atomic E-state index is -0.511. The number of benzene rings is 1. The van der Waals surface area contributed by atoms with E-state index < -0.39 is 10.9 Å². The number of carbonyl (C=O) groups excluding carboxylic acids is 1. The van der Waals surface area contributed by atoms with Crippen LogP contribution in [-0.4, -0.2) is 40.0 Å². The first kappa shape index (κ1) is 21.1. The Kier molecular flexibility index (Phi) is 7.25. The number of aromatic nitrogens is 2. The number of nitrogens with zero attached hydrogens (tertiary/aromatic N) is 3. The number of hydrogen-bond donors (Lipinski definition) is 1. The van der Waals surface area contributed by atoms with E-state index >= 15 is 0 Å². The lowest BCUT2D eigenvalue weighted by molar-refractivity contribution is -0.384. The number of rotatable bonds is 9. The maximum absolute atomic E-state index is 13.0. The lowest BCUT2D eigenvalue weighted by Crippen LogP contribution is -2.20. The maximum Gasteiger partial charge on any atom is 0.311 e. The summed E-state index contributed by atoms with van der Waals surface area (Å²) in [5.74, 6) is -0.489. The largest absolute Gasteiger partial charge is 0.469 e. The molecule has 28 heavy (non-hydrogen) atoms. The topological polar surface area (TPSA) is 120 Å². The van der Waals surface area contributed by atoms with Crippen molar-refractivity contribution in [3.63, 3.8) is 0 Å². The monoisotopic (exact) mass is 388 g/mol. The molecular formula is C19H24N4O5. The summed E-state index contributed by atoms with van der Waals surface area (Å²) >= 11 is 0. The van der Waals surface area contributed by atoms with E-state index in [9.17, 15) is 19.7 Å². The Bertz CT molecular complexity index is 925. The van der Waals surface area contributed by atoms with Gasteiger partial charge in [0, 0.05) is 24.4 Å². The minimum absolute atomic E-state index is 0.0768. The highest BCUT2D eigenvalue weighted by atomic mass is 16.6. The lowest BCUT2D eigenvalue weighted by Gasteiger charge is -2.02. The molecule has 150 valence electrons. The fourth-order valence-electron chi connectivity index (χ4n) is 2.79. The number of methoxy groups -OCH3 is 1. The van der Waals surface area contributed by atoms with Gasteiger partial charge in [-0.05, 0) is 25.5 Å². The summed E-state index contributed by atoms with van der Waals surface area (Å²) in [6.45, 7) is 4.43. The number of nitro groups is 1. The fourth-order valence-corrected chi connectivity index (χ4v) is 2.79. The van der Waals surface area contributed by atoms with Gasteiger partial charge in [0.05, 0.1) is 35.4 Å². The summed E-state index contributed by atoms with van der Waals surface area (Å²) in [5, 5.41) is 13.7. The molecule has 0 fully saturated rings. The highest BCUT2D eigenvalue weighted by molar-refractivity contribution is 6.00. The Morgan fingerprint density at radius 1 is 1.29 bits per heavy atom. The van der Waals surface area contributed by atoms with Crippen LogP contribution in [0.25, 0.3) is 5.69 Å². The average molecular weight is 388 g/mol. The van der Waals surface area contributed by atoms with E-state index in [0.717, 1.165) is 19.3 Å². The van der Waals surface area contributed by atoms with Crippen molar-refractivity contribution in [1.82, 2.24) is 9.78 Å². The number of non-ortho nitro benzene ring substituents is 1. The van der Waals surface area contributed by atoms with Gasteiger partial charge in [0.1, 0.15) is 0 Å². The second-order valence-electron chi connectivity index (χ2n) is 6.31. The number of hydrogen-bond acceptors (Lipinski definition) is 6. The van der Waals surface area contributed by atoms with E-state index in [1.165, 1.54) is 36.1 Å². The van der Waals surface area contributed by atoms with Crippen molar-refractivity contribution in [2.75, 3.05) is 13.7 Å². The van der Waals surface area contributed by atoms with E-state index in [1.807, 2.05) is 0 Å². The summed E-state index contributed by atoms with van der Waals surface area (Å²) in [4.78, 5) is 39.5. The van der Waals surface area contributed by atoms with Crippen LogP contribution in [0.3, 0.4) is 0 Å². The number of ether oxygens (including phenoxy) is 1. The first-order valence-corrected chi connectivity index (χ1v) is 9.06. The van der Waals surface area contributed by atoms with E-state index in [0.29, 0.717) is 29.2 Å². The van der Waals surface area contributed by atoms with Crippen molar-refractivity contribution < 1.29 is 14.5 Å². The van der Waals surface area contributed by atoms with E-state index in [2.05, 4.69) is 17.0 Å². The Labute approximate surface area is 162 Å². The van der Waals surface area contributed by atoms with Crippen LogP contribution in [-0.2, 0) is 16.0 Å². The zero-order chi connectivity index (χ0) is 20.7. The minimum Gasteiger partial charge on any atom is -0.469 e. The highest BCUT2D eigenvalue weighted by Gasteiger charge is 2.20. The van der Waals surface area contributed by atoms with Gasteiger partial charge >= 0.3 is 5.97 Å². The van der Waals surface area contributed by atoms with E-state index in [1.54, 1.807) is 6.92 Å². The molecule has 1 aromatic heterocycles. The number of nitrogens with one attached hydrogen (secondary N) is 1. The molecule has 9 nitrogen and oxygen atoms in total. The molecule has 0 unspecified atom stereocenters. The summed E-state index contributed by atoms with van der Waals surface area (Å²) in [6.07, 6.45) is 2.93. The van der Waals surface area contributed by atoms with Gasteiger partial charge < -0.3 is 4.74 Å². The third-order valence-corrected chi connectivity index (χ3v) is 4.31. The van der Waals surface area contributed by atoms with Crippen LogP contribution in [0.15, 0.2) is 34.1 Å². The number of unbranched alkanes of at least 4 members (excludes halogenated alkanes) is 2. The Morgan fingerprint density at radius 2 is 1.96 bits per heavy atom. The Hall–Kier alpha value is -3.23. The first-order valence-electron chi connectivity index (χ1n) is 9.06. The van der Waals surface area contributed by atoms with Crippen LogP contribution in [0.1, 0.15) is 44.4 Å². The molecule has 0 amide bonds. The zero-order valence-electron chi connectivity index (χ0n) is 16.2. The summed E-state index contributed by atoms with van der Waals surface area (Å²) in [7, 11) is 1.28. The molecule has 0 saturated carbocycles. The van der Waals surface area contributed by atoms with Crippen molar-refractivity contribution >= 4 is 17.4 Å². The van der Waals surface area contributed by atoms with E-state index in [4.69, 9.17) is 4.74 Å². The van der Waals surface area contributed by atoms with Crippen molar-refractivity contribution in [1.29, 1.82) is 0 Å². The maximum atomic E-state index is 13.0. The molecule has 1 N–H and O–H groups in total. The number of aromatic amines is 1. The van der Waals surface area contributed by atoms with Gasteiger partial charge in [0.2, 0.25) is 0 Å². The first-order chi connectivity index (χ1) is 13.4. The predicted octanol–water partition coefficient (Wildman–Crippen LogP) is 2.79. The number of carbonyl (C=O) groups is 1. The Balaban J connectivity index is 2.46. The van der Waals surface area contributed by atoms with Crippen molar-refractivity contribution in [3.05, 3.63) is 56.0 Å². The van der Waals surface area contributed by atoms with Gasteiger partial charge in [0.25, 0.3) is 11.2 Å². The molecule has 1 heterocycles. The summed E-state index contributed by atoms with van der Waals surface area (Å²) in [6, 6.07) is 5.56. The molecule has 1 aromatic carbocycles. The number of H-pyrrole nitrogens is 1. The van der Waals surface area contributed by atoms with Crippen LogP contribution in [0, 0.1) is 10.1 Å². The second kappa shape index (κ2) is 9.63. The smallest absolute Gasteiger partial charge is 0.311 e. The number of esters is 1. The van der Waals surface area contributed by atoms with Crippen LogP contribution in [0.4, 0.5) is 5.69 Å². The van der Waals surface area contributed by atoms with Gasteiger partial charge in [-0.25, -0.2) is 4.68 Å². The number of nitro benzene ring substituents is 1. The molecule has 0 spiro atoms. The van der Waals surface area contributed by atoms with Gasteiger partial charge in [-0.2, -0.15) is 0 Å². The molecule has 0 saturated heterocycles. The summed E-state index contributed by atoms with van der Waals surface area (Å²) in [5.41, 5.74) is 1.23. The van der Waals surface area contributed by atoms with Gasteiger partial charge in [-0.3, -0.25) is 29.8 Å².